The first-order valence-corrected chi connectivity index (χ1v) is 5.28. The number of carboxylic acid groups (broad SMARTS) is 1. The molecule has 1 unspecified atom stereocenters. The molecule has 2 amide bonds. The SMILES string of the molecule is CCOCCNC(=O)N(C)CC(C)C(=O)O. The first-order valence-electron chi connectivity index (χ1n) is 5.28. The van der Waals surface area contributed by atoms with Crippen LogP contribution in [0.4, 0.5) is 4.79 Å². The lowest BCUT2D eigenvalue weighted by Gasteiger charge is -2.19. The van der Waals surface area contributed by atoms with Gasteiger partial charge in [0.25, 0.3) is 0 Å². The van der Waals surface area contributed by atoms with Gasteiger partial charge in [-0.15, -0.1) is 0 Å². The third-order valence-corrected chi connectivity index (χ3v) is 2.04. The second-order valence-corrected chi connectivity index (χ2v) is 3.55. The maximum atomic E-state index is 11.4. The zero-order chi connectivity index (χ0) is 12.6. The van der Waals surface area contributed by atoms with Gasteiger partial charge in [-0.2, -0.15) is 0 Å². The highest BCUT2D eigenvalue weighted by molar-refractivity contribution is 5.75. The first kappa shape index (κ1) is 14.7. The Kier molecular flexibility index (Phi) is 7.28. The summed E-state index contributed by atoms with van der Waals surface area (Å²) in [5, 5.41) is 11.3. The molecule has 0 radical (unpaired) electrons. The minimum atomic E-state index is -0.908. The molecule has 0 aromatic heterocycles. The molecular weight excluding hydrogens is 212 g/mol. The Labute approximate surface area is 95.6 Å². The van der Waals surface area contributed by atoms with E-state index >= 15 is 0 Å². The monoisotopic (exact) mass is 232 g/mol. The van der Waals surface area contributed by atoms with Crippen molar-refractivity contribution in [2.45, 2.75) is 13.8 Å². The van der Waals surface area contributed by atoms with E-state index in [0.29, 0.717) is 19.8 Å². The highest BCUT2D eigenvalue weighted by Crippen LogP contribution is 1.98. The number of urea groups is 1. The Morgan fingerprint density at radius 1 is 1.50 bits per heavy atom. The topological polar surface area (TPSA) is 78.9 Å². The van der Waals surface area contributed by atoms with E-state index < -0.39 is 11.9 Å². The van der Waals surface area contributed by atoms with Crippen LogP contribution in [0, 0.1) is 5.92 Å². The summed E-state index contributed by atoms with van der Waals surface area (Å²) in [6, 6.07) is -0.284. The normalized spacial score (nSPS) is 11.9. The Hall–Kier alpha value is -1.30. The summed E-state index contributed by atoms with van der Waals surface area (Å²) in [5.41, 5.74) is 0. The molecule has 0 aromatic carbocycles. The van der Waals surface area contributed by atoms with E-state index in [1.165, 1.54) is 4.90 Å². The van der Waals surface area contributed by atoms with E-state index in [2.05, 4.69) is 5.32 Å². The molecule has 0 aliphatic rings. The largest absolute Gasteiger partial charge is 0.481 e. The minimum absolute atomic E-state index is 0.190. The zero-order valence-corrected chi connectivity index (χ0v) is 10.0. The lowest BCUT2D eigenvalue weighted by Crippen LogP contribution is -2.41. The van der Waals surface area contributed by atoms with Crippen LogP contribution in [0.5, 0.6) is 0 Å². The summed E-state index contributed by atoms with van der Waals surface area (Å²) in [7, 11) is 1.56. The van der Waals surface area contributed by atoms with Crippen LogP contribution in [-0.4, -0.2) is 55.4 Å². The van der Waals surface area contributed by atoms with Gasteiger partial charge < -0.3 is 20.1 Å². The van der Waals surface area contributed by atoms with Crippen molar-refractivity contribution in [3.63, 3.8) is 0 Å². The molecule has 94 valence electrons. The molecule has 0 aliphatic carbocycles. The molecule has 0 heterocycles. The van der Waals surface area contributed by atoms with Crippen LogP contribution in [0.2, 0.25) is 0 Å². The second kappa shape index (κ2) is 7.92. The molecule has 0 aliphatic heterocycles. The van der Waals surface area contributed by atoms with E-state index in [-0.39, 0.29) is 12.6 Å². The van der Waals surface area contributed by atoms with Gasteiger partial charge in [0.05, 0.1) is 12.5 Å². The lowest BCUT2D eigenvalue weighted by atomic mass is 10.2. The number of aliphatic carboxylic acids is 1. The smallest absolute Gasteiger partial charge is 0.317 e. The van der Waals surface area contributed by atoms with Crippen molar-refractivity contribution in [3.8, 4) is 0 Å². The van der Waals surface area contributed by atoms with E-state index in [0.717, 1.165) is 0 Å². The molecule has 16 heavy (non-hydrogen) atoms. The molecule has 0 bridgehead atoms. The number of hydrogen-bond donors (Lipinski definition) is 2. The van der Waals surface area contributed by atoms with Crippen molar-refractivity contribution >= 4 is 12.0 Å². The fraction of sp³-hybridized carbons (Fsp3) is 0.800. The number of carbonyl (C=O) groups excluding carboxylic acids is 1. The first-order chi connectivity index (χ1) is 7.49. The standard InChI is InChI=1S/C10H20N2O4/c1-4-16-6-5-11-10(15)12(3)7-8(2)9(13)14/h8H,4-7H2,1-3H3,(H,11,15)(H,13,14). The summed E-state index contributed by atoms with van der Waals surface area (Å²) in [6.45, 7) is 5.13. The van der Waals surface area contributed by atoms with Gasteiger partial charge in [-0.05, 0) is 6.92 Å². The molecular formula is C10H20N2O4. The van der Waals surface area contributed by atoms with Crippen LogP contribution in [0.15, 0.2) is 0 Å². The van der Waals surface area contributed by atoms with Crippen LogP contribution in [0.25, 0.3) is 0 Å². The third-order valence-electron chi connectivity index (χ3n) is 2.04. The van der Waals surface area contributed by atoms with Crippen molar-refractivity contribution in [2.75, 3.05) is 33.4 Å². The maximum absolute atomic E-state index is 11.4. The van der Waals surface area contributed by atoms with Gasteiger partial charge >= 0.3 is 12.0 Å². The van der Waals surface area contributed by atoms with Gasteiger partial charge in [-0.3, -0.25) is 4.79 Å². The van der Waals surface area contributed by atoms with Crippen molar-refractivity contribution in [2.24, 2.45) is 5.92 Å². The van der Waals surface area contributed by atoms with E-state index in [1.807, 2.05) is 6.92 Å². The van der Waals surface area contributed by atoms with Gasteiger partial charge in [0.15, 0.2) is 0 Å². The highest BCUT2D eigenvalue weighted by Gasteiger charge is 2.16. The van der Waals surface area contributed by atoms with Gasteiger partial charge in [-0.1, -0.05) is 6.92 Å². The maximum Gasteiger partial charge on any atom is 0.317 e. The molecule has 6 heteroatoms. The number of hydrogen-bond acceptors (Lipinski definition) is 3. The number of nitrogens with zero attached hydrogens (tertiary/aromatic N) is 1. The number of rotatable bonds is 7. The van der Waals surface area contributed by atoms with Crippen LogP contribution >= 0.6 is 0 Å². The Bertz CT molecular complexity index is 233. The van der Waals surface area contributed by atoms with Crippen LogP contribution in [0.3, 0.4) is 0 Å². The second-order valence-electron chi connectivity index (χ2n) is 3.55. The van der Waals surface area contributed by atoms with E-state index in [1.54, 1.807) is 14.0 Å². The molecule has 1 atom stereocenters. The number of amides is 2. The van der Waals surface area contributed by atoms with Crippen molar-refractivity contribution in [1.29, 1.82) is 0 Å². The van der Waals surface area contributed by atoms with Crippen LogP contribution < -0.4 is 5.32 Å². The third kappa shape index (κ3) is 6.23. The molecule has 0 fully saturated rings. The van der Waals surface area contributed by atoms with Crippen LogP contribution in [-0.2, 0) is 9.53 Å². The summed E-state index contributed by atoms with van der Waals surface area (Å²) in [5.74, 6) is -1.48. The molecule has 0 aromatic rings. The average molecular weight is 232 g/mol. The van der Waals surface area contributed by atoms with Gasteiger partial charge in [0.2, 0.25) is 0 Å². The molecule has 2 N–H and O–H groups in total. The molecule has 6 nitrogen and oxygen atoms in total. The minimum Gasteiger partial charge on any atom is -0.481 e. The Balaban J connectivity index is 3.77. The summed E-state index contributed by atoms with van der Waals surface area (Å²) in [4.78, 5) is 23.4. The average Bonchev–Trinajstić information content (AvgIpc) is 2.23. The van der Waals surface area contributed by atoms with E-state index in [4.69, 9.17) is 9.84 Å². The van der Waals surface area contributed by atoms with Crippen molar-refractivity contribution in [1.82, 2.24) is 10.2 Å². The van der Waals surface area contributed by atoms with Gasteiger partial charge in [0.1, 0.15) is 0 Å². The fourth-order valence-electron chi connectivity index (χ4n) is 1.08. The predicted octanol–water partition coefficient (Wildman–Crippen LogP) is 0.385. The van der Waals surface area contributed by atoms with Gasteiger partial charge in [0, 0.05) is 26.7 Å². The quantitative estimate of drug-likeness (QED) is 0.622. The summed E-state index contributed by atoms with van der Waals surface area (Å²) < 4.78 is 5.06. The highest BCUT2D eigenvalue weighted by atomic mass is 16.5. The Morgan fingerprint density at radius 3 is 2.62 bits per heavy atom. The number of carbonyl (C=O) groups is 2. The fourth-order valence-corrected chi connectivity index (χ4v) is 1.08. The molecule has 0 saturated carbocycles. The molecule has 0 saturated heterocycles. The van der Waals surface area contributed by atoms with Gasteiger partial charge in [-0.25, -0.2) is 4.79 Å². The van der Waals surface area contributed by atoms with Crippen molar-refractivity contribution in [3.05, 3.63) is 0 Å². The Morgan fingerprint density at radius 2 is 2.12 bits per heavy atom. The number of carboxylic acids is 1. The molecule has 0 spiro atoms. The van der Waals surface area contributed by atoms with Crippen LogP contribution in [0.1, 0.15) is 13.8 Å². The lowest BCUT2D eigenvalue weighted by molar-refractivity contribution is -0.141. The summed E-state index contributed by atoms with van der Waals surface area (Å²) in [6.07, 6.45) is 0. The predicted molar refractivity (Wildman–Crippen MR) is 59.3 cm³/mol. The zero-order valence-electron chi connectivity index (χ0n) is 10.0. The summed E-state index contributed by atoms with van der Waals surface area (Å²) >= 11 is 0. The van der Waals surface area contributed by atoms with E-state index in [9.17, 15) is 9.59 Å². The van der Waals surface area contributed by atoms with Crippen molar-refractivity contribution < 1.29 is 19.4 Å². The number of nitrogens with one attached hydrogen (secondary N) is 1. The number of ether oxygens (including phenoxy) is 1. The molecule has 0 rings (SSSR count).